The van der Waals surface area contributed by atoms with Crippen LogP contribution < -0.4 is 0 Å². The summed E-state index contributed by atoms with van der Waals surface area (Å²) < 4.78 is 24.7. The fourth-order valence-corrected chi connectivity index (χ4v) is 1.88. The van der Waals surface area contributed by atoms with Gasteiger partial charge < -0.3 is 4.90 Å². The summed E-state index contributed by atoms with van der Waals surface area (Å²) in [4.78, 5) is 13.3. The van der Waals surface area contributed by atoms with Crippen molar-refractivity contribution >= 4 is 5.91 Å². The van der Waals surface area contributed by atoms with Crippen molar-refractivity contribution in [2.75, 3.05) is 13.1 Å². The molecule has 1 aliphatic rings. The molecule has 2 nitrogen and oxygen atoms in total. The number of alkyl halides is 2. The largest absolute Gasteiger partial charge is 0.343 e. The van der Waals surface area contributed by atoms with Crippen molar-refractivity contribution in [1.29, 1.82) is 0 Å². The molecule has 1 fully saturated rings. The van der Waals surface area contributed by atoms with Crippen molar-refractivity contribution in [3.8, 4) is 0 Å². The Kier molecular flexibility index (Phi) is 4.48. The Hall–Kier alpha value is -0.670. The predicted molar refractivity (Wildman–Crippen MR) is 54.8 cm³/mol. The average molecular weight is 219 g/mol. The summed E-state index contributed by atoms with van der Waals surface area (Å²) in [6.45, 7) is 4.98. The molecule has 1 aliphatic heterocycles. The van der Waals surface area contributed by atoms with Crippen LogP contribution in [0.1, 0.15) is 33.1 Å². The van der Waals surface area contributed by atoms with Gasteiger partial charge in [-0.3, -0.25) is 4.79 Å². The number of likely N-dealkylation sites (tertiary alicyclic amines) is 1. The molecular formula is C11H19F2NO. The van der Waals surface area contributed by atoms with E-state index >= 15 is 0 Å². The van der Waals surface area contributed by atoms with Gasteiger partial charge in [-0.15, -0.1) is 0 Å². The SMILES string of the molecule is CC(C)CC(=O)N1CCC(C(F)F)CC1. The van der Waals surface area contributed by atoms with Gasteiger partial charge in [0.25, 0.3) is 0 Å². The molecule has 0 aromatic rings. The molecule has 0 unspecified atom stereocenters. The molecule has 0 bridgehead atoms. The fraction of sp³-hybridized carbons (Fsp3) is 0.909. The smallest absolute Gasteiger partial charge is 0.241 e. The number of hydrogen-bond acceptors (Lipinski definition) is 1. The number of rotatable bonds is 3. The number of carbonyl (C=O) groups excluding carboxylic acids is 1. The van der Waals surface area contributed by atoms with Gasteiger partial charge in [0.2, 0.25) is 12.3 Å². The molecule has 0 aromatic heterocycles. The lowest BCUT2D eigenvalue weighted by atomic mass is 9.97. The maximum atomic E-state index is 12.4. The third kappa shape index (κ3) is 3.76. The molecule has 0 saturated carbocycles. The van der Waals surface area contributed by atoms with Crippen molar-refractivity contribution in [2.24, 2.45) is 11.8 Å². The molecule has 0 radical (unpaired) electrons. The average Bonchev–Trinajstić information content (AvgIpc) is 2.17. The molecule has 88 valence electrons. The van der Waals surface area contributed by atoms with Crippen LogP contribution in [0.2, 0.25) is 0 Å². The first-order valence-corrected chi connectivity index (χ1v) is 5.56. The third-order valence-electron chi connectivity index (χ3n) is 2.83. The van der Waals surface area contributed by atoms with Crippen LogP contribution in [0.15, 0.2) is 0 Å². The zero-order valence-electron chi connectivity index (χ0n) is 9.38. The van der Waals surface area contributed by atoms with Crippen LogP contribution in [-0.2, 0) is 4.79 Å². The van der Waals surface area contributed by atoms with E-state index < -0.39 is 12.3 Å². The summed E-state index contributed by atoms with van der Waals surface area (Å²) in [7, 11) is 0. The van der Waals surface area contributed by atoms with Gasteiger partial charge in [0, 0.05) is 25.4 Å². The number of halogens is 2. The van der Waals surface area contributed by atoms with E-state index in [2.05, 4.69) is 0 Å². The normalized spacial score (nSPS) is 18.9. The van der Waals surface area contributed by atoms with E-state index in [-0.39, 0.29) is 5.91 Å². The topological polar surface area (TPSA) is 20.3 Å². The van der Waals surface area contributed by atoms with Crippen LogP contribution in [-0.4, -0.2) is 30.3 Å². The minimum absolute atomic E-state index is 0.109. The first kappa shape index (κ1) is 12.4. The van der Waals surface area contributed by atoms with Crippen molar-refractivity contribution < 1.29 is 13.6 Å². The van der Waals surface area contributed by atoms with Crippen molar-refractivity contribution in [2.45, 2.75) is 39.5 Å². The van der Waals surface area contributed by atoms with Crippen LogP contribution in [0, 0.1) is 11.8 Å². The van der Waals surface area contributed by atoms with E-state index in [1.165, 1.54) is 0 Å². The molecule has 1 amide bonds. The van der Waals surface area contributed by atoms with Crippen molar-refractivity contribution in [1.82, 2.24) is 4.90 Å². The maximum absolute atomic E-state index is 12.4. The van der Waals surface area contributed by atoms with Gasteiger partial charge in [-0.1, -0.05) is 13.8 Å². The molecule has 0 spiro atoms. The monoisotopic (exact) mass is 219 g/mol. The molecule has 0 aliphatic carbocycles. The van der Waals surface area contributed by atoms with Crippen molar-refractivity contribution in [3.63, 3.8) is 0 Å². The fourth-order valence-electron chi connectivity index (χ4n) is 1.88. The first-order chi connectivity index (χ1) is 7.00. The lowest BCUT2D eigenvalue weighted by molar-refractivity contribution is -0.134. The zero-order chi connectivity index (χ0) is 11.4. The van der Waals surface area contributed by atoms with E-state index in [1.807, 2.05) is 13.8 Å². The van der Waals surface area contributed by atoms with E-state index in [1.54, 1.807) is 4.90 Å². The summed E-state index contributed by atoms with van der Waals surface area (Å²) in [5.74, 6) is -0.0591. The van der Waals surface area contributed by atoms with E-state index in [9.17, 15) is 13.6 Å². The van der Waals surface area contributed by atoms with Gasteiger partial charge in [-0.25, -0.2) is 8.78 Å². The highest BCUT2D eigenvalue weighted by Crippen LogP contribution is 2.24. The summed E-state index contributed by atoms with van der Waals surface area (Å²) in [6, 6.07) is 0. The Labute approximate surface area is 89.6 Å². The summed E-state index contributed by atoms with van der Waals surface area (Å²) in [6.07, 6.45) is -0.810. The number of piperidine rings is 1. The van der Waals surface area contributed by atoms with Crippen LogP contribution in [0.25, 0.3) is 0 Å². The minimum atomic E-state index is -2.23. The highest BCUT2D eigenvalue weighted by molar-refractivity contribution is 5.76. The maximum Gasteiger partial charge on any atom is 0.241 e. The summed E-state index contributed by atoms with van der Waals surface area (Å²) in [5, 5.41) is 0. The third-order valence-corrected chi connectivity index (χ3v) is 2.83. The van der Waals surface area contributed by atoms with Crippen LogP contribution in [0.4, 0.5) is 8.78 Å². The van der Waals surface area contributed by atoms with Gasteiger partial charge in [0.1, 0.15) is 0 Å². The second-order valence-electron chi connectivity index (χ2n) is 4.65. The Morgan fingerprint density at radius 3 is 2.27 bits per heavy atom. The van der Waals surface area contributed by atoms with Gasteiger partial charge in [0.15, 0.2) is 0 Å². The molecule has 4 heteroatoms. The molecule has 15 heavy (non-hydrogen) atoms. The Bertz CT molecular complexity index is 211. The van der Waals surface area contributed by atoms with Gasteiger partial charge >= 0.3 is 0 Å². The second-order valence-corrected chi connectivity index (χ2v) is 4.65. The molecule has 1 heterocycles. The minimum Gasteiger partial charge on any atom is -0.343 e. The van der Waals surface area contributed by atoms with E-state index in [4.69, 9.17) is 0 Å². The number of hydrogen-bond donors (Lipinski definition) is 0. The van der Waals surface area contributed by atoms with Crippen molar-refractivity contribution in [3.05, 3.63) is 0 Å². The quantitative estimate of drug-likeness (QED) is 0.714. The molecule has 0 atom stereocenters. The van der Waals surface area contributed by atoms with Gasteiger partial charge in [0.05, 0.1) is 0 Å². The summed E-state index contributed by atoms with van der Waals surface area (Å²) in [5.41, 5.74) is 0. The van der Waals surface area contributed by atoms with E-state index in [0.29, 0.717) is 38.3 Å². The van der Waals surface area contributed by atoms with Crippen LogP contribution >= 0.6 is 0 Å². The predicted octanol–water partition coefficient (Wildman–Crippen LogP) is 2.54. The molecule has 0 aromatic carbocycles. The summed E-state index contributed by atoms with van der Waals surface area (Å²) >= 11 is 0. The van der Waals surface area contributed by atoms with Gasteiger partial charge in [-0.05, 0) is 18.8 Å². The highest BCUT2D eigenvalue weighted by atomic mass is 19.3. The molecule has 1 rings (SSSR count). The molecular weight excluding hydrogens is 200 g/mol. The number of amides is 1. The zero-order valence-corrected chi connectivity index (χ0v) is 9.38. The van der Waals surface area contributed by atoms with E-state index in [0.717, 1.165) is 0 Å². The molecule has 0 N–H and O–H groups in total. The number of carbonyl (C=O) groups is 1. The lowest BCUT2D eigenvalue weighted by Gasteiger charge is -2.32. The van der Waals surface area contributed by atoms with Gasteiger partial charge in [-0.2, -0.15) is 0 Å². The second kappa shape index (κ2) is 5.42. The first-order valence-electron chi connectivity index (χ1n) is 5.56. The Morgan fingerprint density at radius 2 is 1.87 bits per heavy atom. The number of nitrogens with zero attached hydrogens (tertiary/aromatic N) is 1. The van der Waals surface area contributed by atoms with Crippen LogP contribution in [0.3, 0.4) is 0 Å². The lowest BCUT2D eigenvalue weighted by Crippen LogP contribution is -2.40. The standard InChI is InChI=1S/C11H19F2NO/c1-8(2)7-10(15)14-5-3-9(4-6-14)11(12)13/h8-9,11H,3-7H2,1-2H3. The highest BCUT2D eigenvalue weighted by Gasteiger charge is 2.28. The Morgan fingerprint density at radius 1 is 1.33 bits per heavy atom. The molecule has 1 saturated heterocycles. The Balaban J connectivity index is 2.34. The van der Waals surface area contributed by atoms with Crippen LogP contribution in [0.5, 0.6) is 0 Å².